The van der Waals surface area contributed by atoms with Crippen LogP contribution in [0.2, 0.25) is 0 Å². The van der Waals surface area contributed by atoms with Crippen molar-refractivity contribution in [3.05, 3.63) is 29.8 Å². The van der Waals surface area contributed by atoms with Crippen LogP contribution < -0.4 is 10.1 Å². The summed E-state index contributed by atoms with van der Waals surface area (Å²) in [7, 11) is 3.16. The molecule has 3 aliphatic heterocycles. The number of methoxy groups -OCH3 is 2. The van der Waals surface area contributed by atoms with Gasteiger partial charge >= 0.3 is 0 Å². The second-order valence-corrected chi connectivity index (χ2v) is 7.17. The average Bonchev–Trinajstić information content (AvgIpc) is 3.31. The predicted octanol–water partition coefficient (Wildman–Crippen LogP) is 0.0240. The zero-order valence-electron chi connectivity index (χ0n) is 15.4. The van der Waals surface area contributed by atoms with Gasteiger partial charge in [0.15, 0.2) is 0 Å². The first kappa shape index (κ1) is 17.8. The van der Waals surface area contributed by atoms with Crippen molar-refractivity contribution in [1.29, 1.82) is 0 Å². The fourth-order valence-corrected chi connectivity index (χ4v) is 4.30. The minimum Gasteiger partial charge on any atom is -0.497 e. The molecule has 0 aromatic heterocycles. The summed E-state index contributed by atoms with van der Waals surface area (Å²) in [6.45, 7) is 0.903. The van der Waals surface area contributed by atoms with Gasteiger partial charge in [-0.05, 0) is 30.7 Å². The maximum atomic E-state index is 13.0. The summed E-state index contributed by atoms with van der Waals surface area (Å²) in [5.41, 5.74) is 0.488. The normalized spacial score (nSPS) is 29.6. The largest absolute Gasteiger partial charge is 0.497 e. The Kier molecular flexibility index (Phi) is 4.51. The smallest absolute Gasteiger partial charge is 0.251 e. The number of hydrogen-bond donors (Lipinski definition) is 1. The summed E-state index contributed by atoms with van der Waals surface area (Å²) in [6.07, 6.45) is 0.987. The Morgan fingerprint density at radius 2 is 1.85 bits per heavy atom. The molecule has 3 fully saturated rings. The van der Waals surface area contributed by atoms with E-state index in [2.05, 4.69) is 5.32 Å². The molecule has 1 aromatic rings. The Morgan fingerprint density at radius 1 is 1.11 bits per heavy atom. The van der Waals surface area contributed by atoms with Crippen molar-refractivity contribution in [3.8, 4) is 5.75 Å². The number of carbonyl (C=O) groups excluding carboxylic acids is 3. The summed E-state index contributed by atoms with van der Waals surface area (Å²) in [4.78, 5) is 41.7. The molecule has 0 unspecified atom stereocenters. The second kappa shape index (κ2) is 6.84. The molecule has 1 aromatic carbocycles. The van der Waals surface area contributed by atoms with E-state index in [1.807, 2.05) is 0 Å². The summed E-state index contributed by atoms with van der Waals surface area (Å²) >= 11 is 0. The first-order valence-corrected chi connectivity index (χ1v) is 9.12. The van der Waals surface area contributed by atoms with Crippen molar-refractivity contribution in [2.24, 2.45) is 0 Å². The van der Waals surface area contributed by atoms with Gasteiger partial charge in [-0.15, -0.1) is 0 Å². The van der Waals surface area contributed by atoms with Crippen LogP contribution >= 0.6 is 0 Å². The van der Waals surface area contributed by atoms with Crippen LogP contribution in [0.1, 0.15) is 23.2 Å². The van der Waals surface area contributed by atoms with E-state index in [0.717, 1.165) is 0 Å². The average molecular weight is 373 g/mol. The molecule has 0 saturated carbocycles. The number of amides is 3. The van der Waals surface area contributed by atoms with Gasteiger partial charge < -0.3 is 24.6 Å². The third-order valence-electron chi connectivity index (χ3n) is 5.77. The highest BCUT2D eigenvalue weighted by Gasteiger charge is 2.55. The van der Waals surface area contributed by atoms with Gasteiger partial charge in [0, 0.05) is 32.2 Å². The van der Waals surface area contributed by atoms with Crippen LogP contribution in [0, 0.1) is 0 Å². The highest BCUT2D eigenvalue weighted by molar-refractivity contribution is 6.00. The van der Waals surface area contributed by atoms with Crippen LogP contribution in [0.4, 0.5) is 0 Å². The van der Waals surface area contributed by atoms with E-state index in [9.17, 15) is 14.4 Å². The van der Waals surface area contributed by atoms with E-state index in [4.69, 9.17) is 9.47 Å². The standard InChI is InChI=1S/C19H23N3O5/c1-26-12-5-3-11(4-6-12)17(23)20-14-7-8-21-16(14)19(25)22-10-13(27-2)9-15(22)18(21)24/h3-6,13-16H,7-10H2,1-2H3,(H,20,23)/t13-,14-,15+,16+/m1/s1. The van der Waals surface area contributed by atoms with E-state index in [-0.39, 0.29) is 23.8 Å². The number of benzene rings is 1. The van der Waals surface area contributed by atoms with Crippen LogP contribution in [0.3, 0.4) is 0 Å². The quantitative estimate of drug-likeness (QED) is 0.804. The maximum absolute atomic E-state index is 13.0. The third kappa shape index (κ3) is 2.93. The predicted molar refractivity (Wildman–Crippen MR) is 95.3 cm³/mol. The van der Waals surface area contributed by atoms with Gasteiger partial charge in [-0.25, -0.2) is 0 Å². The number of nitrogens with zero attached hydrogens (tertiary/aromatic N) is 2. The van der Waals surface area contributed by atoms with Crippen molar-refractivity contribution in [2.45, 2.75) is 37.1 Å². The monoisotopic (exact) mass is 373 g/mol. The van der Waals surface area contributed by atoms with Crippen molar-refractivity contribution in [1.82, 2.24) is 15.1 Å². The minimum atomic E-state index is -0.633. The molecule has 0 radical (unpaired) electrons. The second-order valence-electron chi connectivity index (χ2n) is 7.17. The molecule has 1 N–H and O–H groups in total. The van der Waals surface area contributed by atoms with Crippen molar-refractivity contribution in [2.75, 3.05) is 27.3 Å². The van der Waals surface area contributed by atoms with E-state index in [1.165, 1.54) is 0 Å². The molecule has 4 atom stereocenters. The van der Waals surface area contributed by atoms with Crippen molar-refractivity contribution in [3.63, 3.8) is 0 Å². The van der Waals surface area contributed by atoms with Gasteiger partial charge in [0.25, 0.3) is 5.91 Å². The van der Waals surface area contributed by atoms with E-state index >= 15 is 0 Å². The summed E-state index contributed by atoms with van der Waals surface area (Å²) in [5, 5.41) is 2.94. The Bertz CT molecular complexity index is 765. The van der Waals surface area contributed by atoms with Gasteiger partial charge in [-0.3, -0.25) is 14.4 Å². The first-order valence-electron chi connectivity index (χ1n) is 9.12. The van der Waals surface area contributed by atoms with Gasteiger partial charge in [0.2, 0.25) is 11.8 Å². The van der Waals surface area contributed by atoms with E-state index in [1.54, 1.807) is 48.3 Å². The lowest BCUT2D eigenvalue weighted by Gasteiger charge is -2.40. The lowest BCUT2D eigenvalue weighted by Crippen LogP contribution is -2.64. The Balaban J connectivity index is 1.50. The van der Waals surface area contributed by atoms with Crippen LogP contribution in [0.15, 0.2) is 24.3 Å². The Hall–Kier alpha value is -2.61. The molecular weight excluding hydrogens is 350 g/mol. The fraction of sp³-hybridized carbons (Fsp3) is 0.526. The zero-order valence-corrected chi connectivity index (χ0v) is 15.4. The molecule has 27 heavy (non-hydrogen) atoms. The molecule has 4 rings (SSSR count). The number of piperazine rings is 1. The van der Waals surface area contributed by atoms with Gasteiger partial charge in [0.05, 0.1) is 19.3 Å². The molecule has 0 spiro atoms. The Morgan fingerprint density at radius 3 is 2.52 bits per heavy atom. The van der Waals surface area contributed by atoms with Crippen LogP contribution in [-0.4, -0.2) is 79.1 Å². The number of carbonyl (C=O) groups is 3. The molecular formula is C19H23N3O5. The third-order valence-corrected chi connectivity index (χ3v) is 5.77. The SMILES string of the molecule is COc1ccc(C(=O)N[C@@H]2CCN3C(=O)[C@@H]4C[C@@H](OC)CN4C(=O)[C@H]23)cc1. The lowest BCUT2D eigenvalue weighted by molar-refractivity contribution is -0.157. The summed E-state index contributed by atoms with van der Waals surface area (Å²) < 4.78 is 10.4. The zero-order chi connectivity index (χ0) is 19.1. The fourth-order valence-electron chi connectivity index (χ4n) is 4.30. The number of hydrogen-bond acceptors (Lipinski definition) is 5. The molecule has 8 nitrogen and oxygen atoms in total. The molecule has 0 aliphatic carbocycles. The molecule has 8 heteroatoms. The summed E-state index contributed by atoms with van der Waals surface area (Å²) in [6, 6.07) is 5.32. The van der Waals surface area contributed by atoms with E-state index in [0.29, 0.717) is 37.2 Å². The molecule has 0 bridgehead atoms. The number of nitrogens with one attached hydrogen (secondary N) is 1. The van der Waals surface area contributed by atoms with Crippen molar-refractivity contribution < 1.29 is 23.9 Å². The van der Waals surface area contributed by atoms with Crippen LogP contribution in [-0.2, 0) is 14.3 Å². The number of fused-ring (bicyclic) bond motifs is 2. The Labute approximate surface area is 157 Å². The van der Waals surface area contributed by atoms with Crippen molar-refractivity contribution >= 4 is 17.7 Å². The van der Waals surface area contributed by atoms with Crippen LogP contribution in [0.25, 0.3) is 0 Å². The van der Waals surface area contributed by atoms with Gasteiger partial charge in [-0.2, -0.15) is 0 Å². The lowest BCUT2D eigenvalue weighted by atomic mass is 10.0. The minimum absolute atomic E-state index is 0.0413. The van der Waals surface area contributed by atoms with Gasteiger partial charge in [-0.1, -0.05) is 0 Å². The molecule has 3 amide bonds. The molecule has 3 saturated heterocycles. The highest BCUT2D eigenvalue weighted by Crippen LogP contribution is 2.33. The topological polar surface area (TPSA) is 88.2 Å². The summed E-state index contributed by atoms with van der Waals surface area (Å²) in [5.74, 6) is 0.263. The van der Waals surface area contributed by atoms with Gasteiger partial charge in [0.1, 0.15) is 17.8 Å². The van der Waals surface area contributed by atoms with E-state index < -0.39 is 18.1 Å². The first-order chi connectivity index (χ1) is 13.0. The molecule has 3 aliphatic rings. The molecule has 144 valence electrons. The number of ether oxygens (including phenoxy) is 2. The molecule has 3 heterocycles. The maximum Gasteiger partial charge on any atom is 0.251 e. The van der Waals surface area contributed by atoms with Crippen LogP contribution in [0.5, 0.6) is 5.75 Å². The number of rotatable bonds is 4. The highest BCUT2D eigenvalue weighted by atomic mass is 16.5.